The fraction of sp³-hybridized carbons (Fsp3) is 0.600. The van der Waals surface area contributed by atoms with Crippen molar-refractivity contribution in [2.24, 2.45) is 0 Å². The minimum atomic E-state index is -0.266. The van der Waals surface area contributed by atoms with Crippen molar-refractivity contribution < 1.29 is 5.11 Å². The maximum Gasteiger partial charge on any atom is 0.224 e. The van der Waals surface area contributed by atoms with Gasteiger partial charge in [-0.15, -0.1) is 0 Å². The molecule has 1 aromatic rings. The fourth-order valence-electron chi connectivity index (χ4n) is 1.24. The first kappa shape index (κ1) is 13.0. The Balaban J connectivity index is 2.87. The van der Waals surface area contributed by atoms with Crippen molar-refractivity contribution in [2.75, 3.05) is 24.3 Å². The average molecular weight is 245 g/mol. The summed E-state index contributed by atoms with van der Waals surface area (Å²) in [6.45, 7) is 4.06. The molecule has 0 unspecified atom stereocenters. The van der Waals surface area contributed by atoms with Crippen LogP contribution >= 0.6 is 11.6 Å². The smallest absolute Gasteiger partial charge is 0.224 e. The van der Waals surface area contributed by atoms with Crippen LogP contribution < -0.4 is 10.6 Å². The van der Waals surface area contributed by atoms with E-state index in [0.29, 0.717) is 23.2 Å². The molecule has 3 N–H and O–H groups in total. The second-order valence-electron chi connectivity index (χ2n) is 4.12. The maximum absolute atomic E-state index is 8.93. The molecule has 1 aromatic heterocycles. The van der Waals surface area contributed by atoms with E-state index in [0.717, 1.165) is 0 Å². The number of nitrogens with one attached hydrogen (secondary N) is 2. The van der Waals surface area contributed by atoms with Gasteiger partial charge < -0.3 is 15.7 Å². The van der Waals surface area contributed by atoms with Crippen LogP contribution in [0.2, 0.25) is 5.02 Å². The number of hydrogen-bond acceptors (Lipinski definition) is 5. The molecule has 1 heterocycles. The average Bonchev–Trinajstić information content (AvgIpc) is 2.21. The first-order chi connectivity index (χ1) is 7.48. The van der Waals surface area contributed by atoms with E-state index in [-0.39, 0.29) is 12.1 Å². The van der Waals surface area contributed by atoms with Crippen molar-refractivity contribution in [3.63, 3.8) is 0 Å². The first-order valence-corrected chi connectivity index (χ1v) is 5.45. The zero-order valence-corrected chi connectivity index (χ0v) is 10.5. The molecule has 16 heavy (non-hydrogen) atoms. The summed E-state index contributed by atoms with van der Waals surface area (Å²) in [4.78, 5) is 8.20. The predicted octanol–water partition coefficient (Wildman–Crippen LogP) is 1.74. The number of rotatable bonds is 5. The van der Waals surface area contributed by atoms with Crippen LogP contribution in [0.4, 0.5) is 11.8 Å². The van der Waals surface area contributed by atoms with E-state index in [9.17, 15) is 0 Å². The maximum atomic E-state index is 8.93. The zero-order chi connectivity index (χ0) is 12.2. The lowest BCUT2D eigenvalue weighted by Gasteiger charge is -2.26. The quantitative estimate of drug-likeness (QED) is 0.736. The Morgan fingerprint density at radius 3 is 2.75 bits per heavy atom. The normalized spacial score (nSPS) is 11.3. The molecule has 0 aliphatic rings. The van der Waals surface area contributed by atoms with E-state index in [1.54, 1.807) is 7.05 Å². The molecule has 0 saturated heterocycles. The van der Waals surface area contributed by atoms with Gasteiger partial charge in [0.25, 0.3) is 0 Å². The predicted molar refractivity (Wildman–Crippen MR) is 66.0 cm³/mol. The molecule has 1 rings (SSSR count). The molecular weight excluding hydrogens is 228 g/mol. The molecule has 0 fully saturated rings. The number of aliphatic hydroxyl groups is 1. The topological polar surface area (TPSA) is 70.1 Å². The van der Waals surface area contributed by atoms with E-state index in [4.69, 9.17) is 16.7 Å². The van der Waals surface area contributed by atoms with Crippen LogP contribution in [0.15, 0.2) is 6.20 Å². The molecule has 0 aromatic carbocycles. The lowest BCUT2D eigenvalue weighted by molar-refractivity contribution is 0.260. The minimum Gasteiger partial charge on any atom is -0.396 e. The molecular formula is C10H17ClN4O. The van der Waals surface area contributed by atoms with Gasteiger partial charge in [0.15, 0.2) is 5.82 Å². The second-order valence-corrected chi connectivity index (χ2v) is 4.53. The van der Waals surface area contributed by atoms with Gasteiger partial charge in [0.1, 0.15) is 5.02 Å². The van der Waals surface area contributed by atoms with Gasteiger partial charge >= 0.3 is 0 Å². The van der Waals surface area contributed by atoms with Crippen LogP contribution in [-0.2, 0) is 0 Å². The van der Waals surface area contributed by atoms with Crippen molar-refractivity contribution in [2.45, 2.75) is 25.8 Å². The number of anilines is 2. The summed E-state index contributed by atoms with van der Waals surface area (Å²) in [5.74, 6) is 1.08. The van der Waals surface area contributed by atoms with Gasteiger partial charge in [-0.2, -0.15) is 4.98 Å². The highest BCUT2D eigenvalue weighted by atomic mass is 35.5. The molecule has 5 nitrogen and oxygen atoms in total. The third-order valence-electron chi connectivity index (χ3n) is 2.16. The monoisotopic (exact) mass is 244 g/mol. The van der Waals surface area contributed by atoms with Crippen molar-refractivity contribution in [1.82, 2.24) is 9.97 Å². The van der Waals surface area contributed by atoms with Gasteiger partial charge in [-0.25, -0.2) is 4.98 Å². The van der Waals surface area contributed by atoms with Crippen LogP contribution in [0.5, 0.6) is 0 Å². The third kappa shape index (κ3) is 3.50. The number of aliphatic hydroxyl groups excluding tert-OH is 1. The molecule has 0 aliphatic heterocycles. The van der Waals surface area contributed by atoms with E-state index >= 15 is 0 Å². The SMILES string of the molecule is CNc1ncc(Cl)c(NC(C)(C)CCO)n1. The second kappa shape index (κ2) is 5.32. The highest BCUT2D eigenvalue weighted by Crippen LogP contribution is 2.24. The van der Waals surface area contributed by atoms with Crippen LogP contribution in [0.25, 0.3) is 0 Å². The van der Waals surface area contributed by atoms with Crippen molar-refractivity contribution in [3.05, 3.63) is 11.2 Å². The van der Waals surface area contributed by atoms with E-state index in [2.05, 4.69) is 20.6 Å². The Labute approximate surface area is 100 Å². The summed E-state index contributed by atoms with van der Waals surface area (Å²) in [7, 11) is 1.74. The summed E-state index contributed by atoms with van der Waals surface area (Å²) in [6.07, 6.45) is 2.15. The summed E-state index contributed by atoms with van der Waals surface area (Å²) in [5.41, 5.74) is -0.266. The van der Waals surface area contributed by atoms with Crippen molar-refractivity contribution in [1.29, 1.82) is 0 Å². The van der Waals surface area contributed by atoms with Crippen LogP contribution in [0.1, 0.15) is 20.3 Å². The lowest BCUT2D eigenvalue weighted by atomic mass is 10.0. The third-order valence-corrected chi connectivity index (χ3v) is 2.44. The molecule has 0 bridgehead atoms. The van der Waals surface area contributed by atoms with Crippen molar-refractivity contribution in [3.8, 4) is 0 Å². The summed E-state index contributed by atoms with van der Waals surface area (Å²) in [5, 5.41) is 15.4. The van der Waals surface area contributed by atoms with Gasteiger partial charge in [-0.3, -0.25) is 0 Å². The van der Waals surface area contributed by atoms with Crippen LogP contribution in [0.3, 0.4) is 0 Å². The van der Waals surface area contributed by atoms with E-state index < -0.39 is 0 Å². The first-order valence-electron chi connectivity index (χ1n) is 5.08. The molecule has 0 spiro atoms. The molecule has 0 atom stereocenters. The number of hydrogen-bond donors (Lipinski definition) is 3. The van der Waals surface area contributed by atoms with Crippen molar-refractivity contribution >= 4 is 23.4 Å². The Bertz CT molecular complexity index is 357. The molecule has 0 saturated carbocycles. The Morgan fingerprint density at radius 1 is 1.50 bits per heavy atom. The van der Waals surface area contributed by atoms with Gasteiger partial charge in [0.2, 0.25) is 5.95 Å². The van der Waals surface area contributed by atoms with E-state index in [1.807, 2.05) is 13.8 Å². The number of aromatic nitrogens is 2. The highest BCUT2D eigenvalue weighted by molar-refractivity contribution is 6.32. The van der Waals surface area contributed by atoms with Gasteiger partial charge in [0, 0.05) is 19.2 Å². The Morgan fingerprint density at radius 2 is 2.19 bits per heavy atom. The largest absolute Gasteiger partial charge is 0.396 e. The van der Waals surface area contributed by atoms with Crippen LogP contribution in [0, 0.1) is 0 Å². The van der Waals surface area contributed by atoms with Gasteiger partial charge in [0.05, 0.1) is 6.20 Å². The lowest BCUT2D eigenvalue weighted by Crippen LogP contribution is -2.32. The molecule has 0 aliphatic carbocycles. The summed E-state index contributed by atoms with van der Waals surface area (Å²) in [6, 6.07) is 0. The molecule has 0 amide bonds. The molecule has 6 heteroatoms. The Kier molecular flexibility index (Phi) is 4.32. The van der Waals surface area contributed by atoms with Gasteiger partial charge in [-0.05, 0) is 20.3 Å². The minimum absolute atomic E-state index is 0.113. The number of halogens is 1. The standard InChI is InChI=1S/C10H17ClN4O/c1-10(2,4-5-16)15-8-7(11)6-13-9(12-3)14-8/h6,16H,4-5H2,1-3H3,(H2,12,13,14,15). The van der Waals surface area contributed by atoms with Crippen LogP contribution in [-0.4, -0.2) is 34.3 Å². The molecule has 0 radical (unpaired) electrons. The molecule has 90 valence electrons. The zero-order valence-electron chi connectivity index (χ0n) is 9.71. The fourth-order valence-corrected chi connectivity index (χ4v) is 1.38. The summed E-state index contributed by atoms with van der Waals surface area (Å²) >= 11 is 5.98. The summed E-state index contributed by atoms with van der Waals surface area (Å²) < 4.78 is 0. The highest BCUT2D eigenvalue weighted by Gasteiger charge is 2.19. The van der Waals surface area contributed by atoms with Gasteiger partial charge in [-0.1, -0.05) is 11.6 Å². The Hall–Kier alpha value is -1.07. The number of nitrogens with zero attached hydrogens (tertiary/aromatic N) is 2. The van der Waals surface area contributed by atoms with E-state index in [1.165, 1.54) is 6.20 Å².